The molecule has 1 heterocycles. The summed E-state index contributed by atoms with van der Waals surface area (Å²) in [4.78, 5) is 48.5. The summed E-state index contributed by atoms with van der Waals surface area (Å²) in [6.45, 7) is 3.75. The standard InChI is InChI=1S/C30H19NO8/c1-2-16-7-8-18(27(32)31-21-12-19(28(33)34)11-20(13-21)29(35)36)14-25(16)38-26-15-23-22-6-4-3-5-17(22)9-10-24(23)39-30(26)37/h2-15H,1H2,(H,31,32)(H,33,34)(H,35,36). The van der Waals surface area contributed by atoms with Crippen molar-refractivity contribution in [3.63, 3.8) is 0 Å². The minimum Gasteiger partial charge on any atom is -0.478 e. The van der Waals surface area contributed by atoms with E-state index < -0.39 is 23.5 Å². The molecule has 0 fully saturated rings. The van der Waals surface area contributed by atoms with Crippen LogP contribution >= 0.6 is 0 Å². The molecule has 0 saturated heterocycles. The van der Waals surface area contributed by atoms with Gasteiger partial charge in [-0.2, -0.15) is 0 Å². The van der Waals surface area contributed by atoms with Crippen molar-refractivity contribution in [3.8, 4) is 11.5 Å². The number of ether oxygens (including phenoxy) is 1. The summed E-state index contributed by atoms with van der Waals surface area (Å²) >= 11 is 0. The van der Waals surface area contributed by atoms with Crippen LogP contribution in [0.3, 0.4) is 0 Å². The van der Waals surface area contributed by atoms with Crippen LogP contribution in [0.5, 0.6) is 11.5 Å². The molecule has 5 rings (SSSR count). The molecular formula is C30H19NO8. The van der Waals surface area contributed by atoms with Gasteiger partial charge in [0.25, 0.3) is 5.91 Å². The van der Waals surface area contributed by atoms with Gasteiger partial charge in [0.05, 0.1) is 11.1 Å². The molecule has 0 aliphatic carbocycles. The molecule has 4 aromatic carbocycles. The van der Waals surface area contributed by atoms with Crippen LogP contribution in [0, 0.1) is 0 Å². The van der Waals surface area contributed by atoms with Crippen molar-refractivity contribution in [2.24, 2.45) is 0 Å². The molecule has 1 amide bonds. The second-order valence-corrected chi connectivity index (χ2v) is 8.52. The summed E-state index contributed by atoms with van der Waals surface area (Å²) in [5, 5.41) is 23.6. The van der Waals surface area contributed by atoms with Crippen LogP contribution in [0.25, 0.3) is 27.8 Å². The molecular weight excluding hydrogens is 502 g/mol. The highest BCUT2D eigenvalue weighted by Gasteiger charge is 2.17. The Labute approximate surface area is 220 Å². The maximum atomic E-state index is 13.0. The average Bonchev–Trinajstić information content (AvgIpc) is 2.93. The Kier molecular flexibility index (Phi) is 6.39. The SMILES string of the molecule is C=Cc1ccc(C(=O)Nc2cc(C(=O)O)cc(C(=O)O)c2)cc1Oc1cc2c(ccc3ccccc32)oc1=O. The predicted octanol–water partition coefficient (Wildman–Crippen LogP) is 6.03. The van der Waals surface area contributed by atoms with Gasteiger partial charge in [0.1, 0.15) is 11.3 Å². The van der Waals surface area contributed by atoms with E-state index in [1.807, 2.05) is 30.3 Å². The van der Waals surface area contributed by atoms with E-state index in [-0.39, 0.29) is 33.9 Å². The Morgan fingerprint density at radius 3 is 2.21 bits per heavy atom. The Bertz CT molecular complexity index is 1850. The number of carbonyl (C=O) groups excluding carboxylic acids is 1. The van der Waals surface area contributed by atoms with E-state index in [0.29, 0.717) is 16.5 Å². The summed E-state index contributed by atoms with van der Waals surface area (Å²) in [5.41, 5.74) is -0.344. The minimum absolute atomic E-state index is 0.0189. The lowest BCUT2D eigenvalue weighted by molar-refractivity contribution is 0.0696. The first-order chi connectivity index (χ1) is 18.7. The first-order valence-corrected chi connectivity index (χ1v) is 11.6. The molecule has 3 N–H and O–H groups in total. The van der Waals surface area contributed by atoms with Gasteiger partial charge in [-0.15, -0.1) is 0 Å². The maximum absolute atomic E-state index is 13.0. The van der Waals surface area contributed by atoms with Crippen LogP contribution in [0.1, 0.15) is 36.6 Å². The monoisotopic (exact) mass is 521 g/mol. The van der Waals surface area contributed by atoms with Crippen LogP contribution in [0.15, 0.2) is 94.7 Å². The number of carbonyl (C=O) groups is 3. The number of nitrogens with one attached hydrogen (secondary N) is 1. The largest absolute Gasteiger partial charge is 0.478 e. The van der Waals surface area contributed by atoms with Crippen molar-refractivity contribution in [1.82, 2.24) is 0 Å². The molecule has 0 atom stereocenters. The summed E-state index contributed by atoms with van der Waals surface area (Å²) in [5.74, 6) is -3.30. The van der Waals surface area contributed by atoms with Gasteiger partial charge >= 0.3 is 17.6 Å². The highest BCUT2D eigenvalue weighted by atomic mass is 16.5. The number of benzene rings is 4. The van der Waals surface area contributed by atoms with Crippen molar-refractivity contribution < 1.29 is 33.8 Å². The van der Waals surface area contributed by atoms with Crippen molar-refractivity contribution in [3.05, 3.63) is 118 Å². The summed E-state index contributed by atoms with van der Waals surface area (Å²) in [6.07, 6.45) is 1.49. The fourth-order valence-electron chi connectivity index (χ4n) is 4.13. The van der Waals surface area contributed by atoms with Gasteiger partial charge in [-0.3, -0.25) is 4.79 Å². The number of carboxylic acid groups (broad SMARTS) is 2. The summed E-state index contributed by atoms with van der Waals surface area (Å²) < 4.78 is 11.4. The van der Waals surface area contributed by atoms with E-state index in [4.69, 9.17) is 9.15 Å². The Morgan fingerprint density at radius 2 is 1.51 bits per heavy atom. The first-order valence-electron chi connectivity index (χ1n) is 11.6. The van der Waals surface area contributed by atoms with E-state index >= 15 is 0 Å². The number of fused-ring (bicyclic) bond motifs is 3. The molecule has 0 bridgehead atoms. The zero-order valence-electron chi connectivity index (χ0n) is 20.1. The second kappa shape index (κ2) is 9.98. The maximum Gasteiger partial charge on any atom is 0.379 e. The van der Waals surface area contributed by atoms with Gasteiger partial charge in [-0.05, 0) is 53.2 Å². The zero-order chi connectivity index (χ0) is 27.7. The molecule has 0 aliphatic rings. The van der Waals surface area contributed by atoms with Crippen LogP contribution in [0.4, 0.5) is 5.69 Å². The van der Waals surface area contributed by atoms with E-state index in [2.05, 4.69) is 11.9 Å². The van der Waals surface area contributed by atoms with Crippen molar-refractivity contribution in [2.45, 2.75) is 0 Å². The number of amides is 1. The Balaban J connectivity index is 1.50. The van der Waals surface area contributed by atoms with E-state index in [1.165, 1.54) is 18.2 Å². The fourth-order valence-corrected chi connectivity index (χ4v) is 4.13. The number of anilines is 1. The molecule has 0 saturated carbocycles. The average molecular weight is 521 g/mol. The number of rotatable bonds is 7. The quantitative estimate of drug-likeness (QED) is 0.174. The molecule has 5 aromatic rings. The second-order valence-electron chi connectivity index (χ2n) is 8.52. The van der Waals surface area contributed by atoms with Crippen molar-refractivity contribution in [2.75, 3.05) is 5.32 Å². The number of carboxylic acids is 2. The molecule has 0 aliphatic heterocycles. The fraction of sp³-hybridized carbons (Fsp3) is 0. The molecule has 9 nitrogen and oxygen atoms in total. The molecule has 0 spiro atoms. The first kappa shape index (κ1) is 25.0. The van der Waals surface area contributed by atoms with Crippen LogP contribution in [-0.4, -0.2) is 28.1 Å². The molecule has 9 heteroatoms. The lowest BCUT2D eigenvalue weighted by Crippen LogP contribution is -2.14. The van der Waals surface area contributed by atoms with E-state index in [1.54, 1.807) is 18.2 Å². The highest BCUT2D eigenvalue weighted by molar-refractivity contribution is 6.07. The van der Waals surface area contributed by atoms with Gasteiger partial charge in [-0.1, -0.05) is 49.1 Å². The lowest BCUT2D eigenvalue weighted by Gasteiger charge is -2.12. The molecule has 192 valence electrons. The molecule has 0 radical (unpaired) electrons. The van der Waals surface area contributed by atoms with Gasteiger partial charge in [0.15, 0.2) is 0 Å². The third-order valence-corrected chi connectivity index (χ3v) is 6.01. The highest BCUT2D eigenvalue weighted by Crippen LogP contribution is 2.31. The number of aromatic carboxylic acids is 2. The normalized spacial score (nSPS) is 10.8. The number of hydrogen-bond donors (Lipinski definition) is 3. The predicted molar refractivity (Wildman–Crippen MR) is 145 cm³/mol. The van der Waals surface area contributed by atoms with E-state index in [9.17, 15) is 29.4 Å². The smallest absolute Gasteiger partial charge is 0.379 e. The zero-order valence-corrected chi connectivity index (χ0v) is 20.1. The summed E-state index contributed by atoms with van der Waals surface area (Å²) in [7, 11) is 0. The van der Waals surface area contributed by atoms with Crippen LogP contribution < -0.4 is 15.7 Å². The molecule has 39 heavy (non-hydrogen) atoms. The molecule has 0 unspecified atom stereocenters. The Morgan fingerprint density at radius 1 is 0.795 bits per heavy atom. The Hall–Kier alpha value is -5.70. The minimum atomic E-state index is -1.35. The van der Waals surface area contributed by atoms with Crippen molar-refractivity contribution >= 4 is 51.4 Å². The van der Waals surface area contributed by atoms with E-state index in [0.717, 1.165) is 29.0 Å². The van der Waals surface area contributed by atoms with Crippen molar-refractivity contribution in [1.29, 1.82) is 0 Å². The van der Waals surface area contributed by atoms with Gasteiger partial charge in [0, 0.05) is 22.2 Å². The third kappa shape index (κ3) is 4.96. The van der Waals surface area contributed by atoms with Gasteiger partial charge in [0.2, 0.25) is 5.75 Å². The lowest BCUT2D eigenvalue weighted by atomic mass is 10.1. The van der Waals surface area contributed by atoms with Gasteiger partial charge in [-0.25, -0.2) is 14.4 Å². The number of hydrogen-bond acceptors (Lipinski definition) is 6. The van der Waals surface area contributed by atoms with Gasteiger partial charge < -0.3 is 24.7 Å². The third-order valence-electron chi connectivity index (χ3n) is 6.01. The van der Waals surface area contributed by atoms with Crippen LogP contribution in [-0.2, 0) is 0 Å². The summed E-state index contributed by atoms with van der Waals surface area (Å²) in [6, 6.07) is 20.5. The molecule has 1 aromatic heterocycles. The topological polar surface area (TPSA) is 143 Å². The van der Waals surface area contributed by atoms with Crippen LogP contribution in [0.2, 0.25) is 0 Å².